The molecule has 0 bridgehead atoms. The van der Waals surface area contributed by atoms with Gasteiger partial charge in [0.05, 0.1) is 24.2 Å². The van der Waals surface area contributed by atoms with Crippen LogP contribution in [0.5, 0.6) is 17.2 Å². The summed E-state index contributed by atoms with van der Waals surface area (Å²) in [6.45, 7) is 0.718. The highest BCUT2D eigenvalue weighted by molar-refractivity contribution is 5.47. The molecule has 2 aromatic rings. The maximum absolute atomic E-state index is 10.9. The van der Waals surface area contributed by atoms with E-state index in [1.165, 1.54) is 19.2 Å². The smallest absolute Gasteiger partial charge is 0.276 e. The number of methoxy groups -OCH3 is 1. The van der Waals surface area contributed by atoms with Crippen LogP contribution < -0.4 is 14.8 Å². The van der Waals surface area contributed by atoms with Crippen LogP contribution in [0.25, 0.3) is 0 Å². The van der Waals surface area contributed by atoms with E-state index in [1.807, 2.05) is 25.2 Å². The molecule has 2 rings (SSSR count). The first-order valence-electron chi connectivity index (χ1n) is 6.37. The van der Waals surface area contributed by atoms with Crippen molar-refractivity contribution in [2.75, 3.05) is 14.2 Å². The molecular weight excluding hydrogens is 272 g/mol. The minimum Gasteiger partial charge on any atom is -0.496 e. The number of hydrogen-bond acceptors (Lipinski definition) is 5. The van der Waals surface area contributed by atoms with Gasteiger partial charge in [-0.3, -0.25) is 10.1 Å². The summed E-state index contributed by atoms with van der Waals surface area (Å²) in [5, 5.41) is 14.0. The van der Waals surface area contributed by atoms with Gasteiger partial charge in [-0.2, -0.15) is 0 Å². The Labute approximate surface area is 122 Å². The van der Waals surface area contributed by atoms with Crippen LogP contribution in [0.4, 0.5) is 5.69 Å². The predicted molar refractivity (Wildman–Crippen MR) is 78.9 cm³/mol. The zero-order valence-corrected chi connectivity index (χ0v) is 11.8. The van der Waals surface area contributed by atoms with E-state index in [0.717, 1.165) is 12.1 Å². The van der Waals surface area contributed by atoms with Crippen LogP contribution in [0.3, 0.4) is 0 Å². The molecule has 2 aromatic carbocycles. The number of nitrogens with one attached hydrogen (secondary N) is 1. The highest BCUT2D eigenvalue weighted by atomic mass is 16.6. The van der Waals surface area contributed by atoms with E-state index in [4.69, 9.17) is 9.47 Å². The second-order valence-electron chi connectivity index (χ2n) is 4.40. The van der Waals surface area contributed by atoms with E-state index in [9.17, 15) is 10.1 Å². The Morgan fingerprint density at radius 3 is 2.57 bits per heavy atom. The lowest BCUT2D eigenvalue weighted by Crippen LogP contribution is -2.04. The number of nitrogens with zero attached hydrogens (tertiary/aromatic N) is 1. The molecule has 0 fully saturated rings. The molecule has 0 spiro atoms. The van der Waals surface area contributed by atoms with Crippen molar-refractivity contribution in [2.45, 2.75) is 6.54 Å². The van der Waals surface area contributed by atoms with Crippen LogP contribution in [-0.4, -0.2) is 19.1 Å². The fraction of sp³-hybridized carbons (Fsp3) is 0.200. The van der Waals surface area contributed by atoms with Crippen LogP contribution in [0.1, 0.15) is 5.56 Å². The zero-order valence-electron chi connectivity index (χ0n) is 11.8. The normalized spacial score (nSPS) is 10.2. The lowest BCUT2D eigenvalue weighted by Gasteiger charge is -2.09. The average molecular weight is 288 g/mol. The number of ether oxygens (including phenoxy) is 2. The number of non-ortho nitro benzene ring substituents is 1. The fourth-order valence-corrected chi connectivity index (χ4v) is 1.90. The second kappa shape index (κ2) is 6.71. The average Bonchev–Trinajstić information content (AvgIpc) is 2.47. The van der Waals surface area contributed by atoms with Gasteiger partial charge in [0.25, 0.3) is 5.69 Å². The van der Waals surface area contributed by atoms with Crippen molar-refractivity contribution in [1.29, 1.82) is 0 Å². The first-order chi connectivity index (χ1) is 10.1. The van der Waals surface area contributed by atoms with Crippen LogP contribution in [0, 0.1) is 10.1 Å². The highest BCUT2D eigenvalue weighted by Gasteiger charge is 2.11. The monoisotopic (exact) mass is 288 g/mol. The van der Waals surface area contributed by atoms with E-state index in [2.05, 4.69) is 5.32 Å². The van der Waals surface area contributed by atoms with Gasteiger partial charge in [0, 0.05) is 12.6 Å². The molecule has 0 amide bonds. The molecular formula is C15H16N2O4. The molecule has 0 saturated heterocycles. The summed E-state index contributed by atoms with van der Waals surface area (Å²) in [7, 11) is 3.31. The summed E-state index contributed by atoms with van der Waals surface area (Å²) < 4.78 is 10.7. The van der Waals surface area contributed by atoms with Gasteiger partial charge in [-0.1, -0.05) is 12.1 Å². The van der Waals surface area contributed by atoms with Crippen molar-refractivity contribution in [2.24, 2.45) is 0 Å². The molecule has 0 aromatic heterocycles. The van der Waals surface area contributed by atoms with Crippen molar-refractivity contribution >= 4 is 5.69 Å². The maximum Gasteiger partial charge on any atom is 0.276 e. The number of nitro benzene ring substituents is 1. The molecule has 0 aliphatic rings. The topological polar surface area (TPSA) is 73.6 Å². The molecule has 0 heterocycles. The first kappa shape index (κ1) is 14.8. The number of rotatable bonds is 6. The lowest BCUT2D eigenvalue weighted by molar-refractivity contribution is -0.385. The van der Waals surface area contributed by atoms with Crippen LogP contribution in [-0.2, 0) is 6.54 Å². The Kier molecular flexibility index (Phi) is 4.73. The molecule has 0 aliphatic carbocycles. The summed E-state index contributed by atoms with van der Waals surface area (Å²) in [6, 6.07) is 11.8. The van der Waals surface area contributed by atoms with E-state index in [-0.39, 0.29) is 5.69 Å². The summed E-state index contributed by atoms with van der Waals surface area (Å²) in [5.41, 5.74) is 0.989. The molecule has 1 N–H and O–H groups in total. The molecule has 0 saturated carbocycles. The minimum atomic E-state index is -0.479. The van der Waals surface area contributed by atoms with E-state index in [1.54, 1.807) is 12.1 Å². The number of hydrogen-bond donors (Lipinski definition) is 1. The van der Waals surface area contributed by atoms with E-state index >= 15 is 0 Å². The second-order valence-corrected chi connectivity index (χ2v) is 4.40. The van der Waals surface area contributed by atoms with Gasteiger partial charge in [-0.05, 0) is 24.7 Å². The molecule has 6 nitrogen and oxygen atoms in total. The summed E-state index contributed by atoms with van der Waals surface area (Å²) in [6.07, 6.45) is 0. The Hall–Kier alpha value is -2.60. The molecule has 0 radical (unpaired) electrons. The highest BCUT2D eigenvalue weighted by Crippen LogP contribution is 2.30. The van der Waals surface area contributed by atoms with Crippen molar-refractivity contribution in [1.82, 2.24) is 5.32 Å². The van der Waals surface area contributed by atoms with Crippen LogP contribution in [0.2, 0.25) is 0 Å². The fourth-order valence-electron chi connectivity index (χ4n) is 1.90. The minimum absolute atomic E-state index is 0.0734. The van der Waals surface area contributed by atoms with E-state index in [0.29, 0.717) is 17.2 Å². The van der Waals surface area contributed by atoms with Gasteiger partial charge >= 0.3 is 0 Å². The van der Waals surface area contributed by atoms with Gasteiger partial charge < -0.3 is 14.8 Å². The van der Waals surface area contributed by atoms with Gasteiger partial charge in [0.1, 0.15) is 17.2 Å². The van der Waals surface area contributed by atoms with Crippen LogP contribution >= 0.6 is 0 Å². The number of benzene rings is 2. The molecule has 0 atom stereocenters. The van der Waals surface area contributed by atoms with Crippen molar-refractivity contribution in [3.63, 3.8) is 0 Å². The quantitative estimate of drug-likeness (QED) is 0.653. The zero-order chi connectivity index (χ0) is 15.2. The third-order valence-corrected chi connectivity index (χ3v) is 2.83. The SMILES string of the molecule is CNCc1cccc(Oc2cc(OC)cc([N+](=O)[O-])c2)c1. The van der Waals surface area contributed by atoms with Gasteiger partial charge in [-0.15, -0.1) is 0 Å². The molecule has 0 aliphatic heterocycles. The van der Waals surface area contributed by atoms with Crippen molar-refractivity contribution < 1.29 is 14.4 Å². The summed E-state index contributed by atoms with van der Waals surface area (Å²) in [5.74, 6) is 1.36. The van der Waals surface area contributed by atoms with Crippen LogP contribution in [0.15, 0.2) is 42.5 Å². The molecule has 21 heavy (non-hydrogen) atoms. The molecule has 0 unspecified atom stereocenters. The van der Waals surface area contributed by atoms with Gasteiger partial charge in [0.2, 0.25) is 0 Å². The van der Waals surface area contributed by atoms with E-state index < -0.39 is 4.92 Å². The molecule has 110 valence electrons. The Morgan fingerprint density at radius 1 is 1.14 bits per heavy atom. The third kappa shape index (κ3) is 3.93. The van der Waals surface area contributed by atoms with Crippen molar-refractivity contribution in [3.05, 3.63) is 58.1 Å². The third-order valence-electron chi connectivity index (χ3n) is 2.83. The Morgan fingerprint density at radius 2 is 1.90 bits per heavy atom. The standard InChI is InChI=1S/C15H16N2O4/c1-16-10-11-4-3-5-13(6-11)21-15-8-12(17(18)19)7-14(9-15)20-2/h3-9,16H,10H2,1-2H3. The van der Waals surface area contributed by atoms with Gasteiger partial charge in [0.15, 0.2) is 0 Å². The predicted octanol–water partition coefficient (Wildman–Crippen LogP) is 3.12. The summed E-state index contributed by atoms with van der Waals surface area (Å²) in [4.78, 5) is 10.4. The molecule has 6 heteroatoms. The maximum atomic E-state index is 10.9. The summed E-state index contributed by atoms with van der Waals surface area (Å²) >= 11 is 0. The van der Waals surface area contributed by atoms with Gasteiger partial charge in [-0.25, -0.2) is 0 Å². The number of nitro groups is 1. The Balaban J connectivity index is 2.28. The Bertz CT molecular complexity index is 643. The first-order valence-corrected chi connectivity index (χ1v) is 6.37. The van der Waals surface area contributed by atoms with Crippen molar-refractivity contribution in [3.8, 4) is 17.2 Å². The lowest BCUT2D eigenvalue weighted by atomic mass is 10.2. The largest absolute Gasteiger partial charge is 0.496 e.